The number of aromatic carboxylic acids is 1. The summed E-state index contributed by atoms with van der Waals surface area (Å²) in [5.41, 5.74) is 0.887. The minimum atomic E-state index is -0.938. The largest absolute Gasteiger partial charge is 0.478 e. The molecule has 0 bridgehead atoms. The molecule has 0 amide bonds. The van der Waals surface area contributed by atoms with E-state index in [1.165, 1.54) is 11.8 Å². The van der Waals surface area contributed by atoms with E-state index < -0.39 is 16.8 Å². The first-order chi connectivity index (χ1) is 8.56. The van der Waals surface area contributed by atoms with Crippen LogP contribution in [-0.2, 0) is 10.8 Å². The smallest absolute Gasteiger partial charge is 0.338 e. The zero-order valence-electron chi connectivity index (χ0n) is 10.4. The average Bonchev–Trinajstić information content (AvgIpc) is 2.28. The summed E-state index contributed by atoms with van der Waals surface area (Å²) in [5.74, 6) is 0.388. The lowest BCUT2D eigenvalue weighted by Crippen LogP contribution is -2.13. The highest BCUT2D eigenvalue weighted by Gasteiger charge is 2.15. The number of carbonyl (C=O) groups is 1. The summed E-state index contributed by atoms with van der Waals surface area (Å²) in [7, 11) is -0.880. The van der Waals surface area contributed by atoms with Crippen molar-refractivity contribution in [2.75, 3.05) is 29.6 Å². The third kappa shape index (κ3) is 4.34. The highest BCUT2D eigenvalue weighted by Crippen LogP contribution is 2.28. The normalized spacial score (nSPS) is 12.1. The van der Waals surface area contributed by atoms with Crippen molar-refractivity contribution in [1.29, 1.82) is 0 Å². The molecule has 6 heteroatoms. The molecule has 1 aromatic carbocycles. The van der Waals surface area contributed by atoms with Gasteiger partial charge in [-0.1, -0.05) is 13.0 Å². The van der Waals surface area contributed by atoms with E-state index in [9.17, 15) is 14.1 Å². The van der Waals surface area contributed by atoms with Crippen LogP contribution in [0.4, 0.5) is 5.69 Å². The number of carboxylic acid groups (broad SMARTS) is 1. The van der Waals surface area contributed by atoms with Gasteiger partial charge in [0.15, 0.2) is 0 Å². The first kappa shape index (κ1) is 15.0. The molecule has 1 rings (SSSR count). The van der Waals surface area contributed by atoms with Crippen LogP contribution in [0.15, 0.2) is 23.1 Å². The second-order valence-electron chi connectivity index (χ2n) is 3.62. The molecular formula is C12H17NO3S2. The van der Waals surface area contributed by atoms with Gasteiger partial charge in [0, 0.05) is 39.9 Å². The fourth-order valence-electron chi connectivity index (χ4n) is 1.50. The van der Waals surface area contributed by atoms with Gasteiger partial charge in [0.05, 0.1) is 5.56 Å². The van der Waals surface area contributed by atoms with Gasteiger partial charge < -0.3 is 10.4 Å². The number of rotatable bonds is 7. The summed E-state index contributed by atoms with van der Waals surface area (Å²) in [5, 5.41) is 12.3. The van der Waals surface area contributed by atoms with E-state index in [2.05, 4.69) is 5.32 Å². The van der Waals surface area contributed by atoms with Gasteiger partial charge in [0.2, 0.25) is 0 Å². The highest BCUT2D eigenvalue weighted by atomic mass is 32.2. The van der Waals surface area contributed by atoms with Gasteiger partial charge in [-0.3, -0.25) is 4.21 Å². The van der Waals surface area contributed by atoms with E-state index in [1.807, 2.05) is 13.0 Å². The topological polar surface area (TPSA) is 66.4 Å². The molecular weight excluding hydrogens is 270 g/mol. The number of anilines is 1. The van der Waals surface area contributed by atoms with Crippen LogP contribution in [-0.4, -0.2) is 39.6 Å². The Hall–Kier alpha value is -1.01. The molecule has 0 aliphatic heterocycles. The molecule has 0 aliphatic rings. The Labute approximate surface area is 114 Å². The molecule has 18 heavy (non-hydrogen) atoms. The highest BCUT2D eigenvalue weighted by molar-refractivity contribution is 7.99. The second-order valence-corrected chi connectivity index (χ2v) is 6.48. The number of carboxylic acids is 1. The Morgan fingerprint density at radius 2 is 2.22 bits per heavy atom. The van der Waals surface area contributed by atoms with Crippen LogP contribution in [0.1, 0.15) is 17.3 Å². The SMILES string of the molecule is CCSc1cccc(NCCS(C)=O)c1C(=O)O. The summed E-state index contributed by atoms with van der Waals surface area (Å²) in [6.07, 6.45) is 1.63. The van der Waals surface area contributed by atoms with Gasteiger partial charge in [0.25, 0.3) is 0 Å². The molecule has 2 N–H and O–H groups in total. The molecule has 0 aliphatic carbocycles. The predicted molar refractivity (Wildman–Crippen MR) is 77.2 cm³/mol. The number of hydrogen-bond donors (Lipinski definition) is 2. The molecule has 0 saturated heterocycles. The summed E-state index contributed by atoms with van der Waals surface area (Å²) in [4.78, 5) is 12.1. The van der Waals surface area contributed by atoms with Crippen LogP contribution in [0.25, 0.3) is 0 Å². The van der Waals surface area contributed by atoms with E-state index in [-0.39, 0.29) is 0 Å². The predicted octanol–water partition coefficient (Wildman–Crippen LogP) is 2.29. The molecule has 1 atom stereocenters. The minimum Gasteiger partial charge on any atom is -0.478 e. The van der Waals surface area contributed by atoms with E-state index in [1.54, 1.807) is 18.4 Å². The minimum absolute atomic E-state index is 0.297. The maximum atomic E-state index is 11.3. The van der Waals surface area contributed by atoms with Crippen molar-refractivity contribution in [2.24, 2.45) is 0 Å². The lowest BCUT2D eigenvalue weighted by molar-refractivity contribution is 0.0694. The van der Waals surface area contributed by atoms with Crippen LogP contribution < -0.4 is 5.32 Å². The molecule has 1 unspecified atom stereocenters. The molecule has 100 valence electrons. The van der Waals surface area contributed by atoms with Crippen molar-refractivity contribution < 1.29 is 14.1 Å². The molecule has 0 spiro atoms. The van der Waals surface area contributed by atoms with Crippen LogP contribution in [0, 0.1) is 0 Å². The third-order valence-electron chi connectivity index (χ3n) is 2.24. The maximum absolute atomic E-state index is 11.3. The Bertz CT molecular complexity index is 449. The standard InChI is InChI=1S/C12H17NO3S2/c1-3-17-10-6-4-5-9(11(10)12(14)15)13-7-8-18(2)16/h4-6,13H,3,7-8H2,1-2H3,(H,14,15). The van der Waals surface area contributed by atoms with E-state index in [4.69, 9.17) is 0 Å². The zero-order chi connectivity index (χ0) is 13.5. The fraction of sp³-hybridized carbons (Fsp3) is 0.417. The lowest BCUT2D eigenvalue weighted by atomic mass is 10.2. The molecule has 0 fully saturated rings. The van der Waals surface area contributed by atoms with E-state index in [0.717, 1.165) is 10.6 Å². The van der Waals surface area contributed by atoms with Crippen molar-refractivity contribution >= 4 is 34.2 Å². The molecule has 0 heterocycles. The number of hydrogen-bond acceptors (Lipinski definition) is 4. The molecule has 0 aromatic heterocycles. The lowest BCUT2D eigenvalue weighted by Gasteiger charge is -2.12. The Morgan fingerprint density at radius 3 is 2.78 bits per heavy atom. The Balaban J connectivity index is 2.92. The molecule has 0 radical (unpaired) electrons. The molecule has 4 nitrogen and oxygen atoms in total. The van der Waals surface area contributed by atoms with Crippen molar-refractivity contribution in [2.45, 2.75) is 11.8 Å². The van der Waals surface area contributed by atoms with E-state index >= 15 is 0 Å². The summed E-state index contributed by atoms with van der Waals surface area (Å²) >= 11 is 1.50. The van der Waals surface area contributed by atoms with Crippen molar-refractivity contribution in [3.63, 3.8) is 0 Å². The van der Waals surface area contributed by atoms with Gasteiger partial charge in [-0.05, 0) is 17.9 Å². The van der Waals surface area contributed by atoms with Crippen molar-refractivity contribution in [3.05, 3.63) is 23.8 Å². The quantitative estimate of drug-likeness (QED) is 0.753. The summed E-state index contributed by atoms with van der Waals surface area (Å²) in [6.45, 7) is 2.49. The van der Waals surface area contributed by atoms with Gasteiger partial charge in [-0.25, -0.2) is 4.79 Å². The second kappa shape index (κ2) is 7.43. The monoisotopic (exact) mass is 287 g/mol. The van der Waals surface area contributed by atoms with Crippen LogP contribution in [0.2, 0.25) is 0 Å². The Morgan fingerprint density at radius 1 is 1.50 bits per heavy atom. The van der Waals surface area contributed by atoms with Gasteiger partial charge in [-0.2, -0.15) is 0 Å². The maximum Gasteiger partial charge on any atom is 0.338 e. The Kier molecular flexibility index (Phi) is 6.21. The van der Waals surface area contributed by atoms with Crippen molar-refractivity contribution in [1.82, 2.24) is 0 Å². The van der Waals surface area contributed by atoms with Crippen molar-refractivity contribution in [3.8, 4) is 0 Å². The number of nitrogens with one attached hydrogen (secondary N) is 1. The van der Waals surface area contributed by atoms with Crippen LogP contribution in [0.5, 0.6) is 0 Å². The molecule has 1 aromatic rings. The molecule has 0 saturated carbocycles. The van der Waals surface area contributed by atoms with Gasteiger partial charge in [-0.15, -0.1) is 11.8 Å². The van der Waals surface area contributed by atoms with Gasteiger partial charge >= 0.3 is 5.97 Å². The summed E-state index contributed by atoms with van der Waals surface area (Å²) < 4.78 is 11.0. The van der Waals surface area contributed by atoms with Crippen LogP contribution >= 0.6 is 11.8 Å². The van der Waals surface area contributed by atoms with Gasteiger partial charge in [0.1, 0.15) is 0 Å². The van der Waals surface area contributed by atoms with E-state index in [0.29, 0.717) is 23.5 Å². The van der Waals surface area contributed by atoms with Crippen LogP contribution in [0.3, 0.4) is 0 Å². The third-order valence-corrected chi connectivity index (χ3v) is 3.96. The first-order valence-corrected chi connectivity index (χ1v) is 8.30. The first-order valence-electron chi connectivity index (χ1n) is 5.59. The average molecular weight is 287 g/mol. The fourth-order valence-corrected chi connectivity index (χ4v) is 2.72. The number of thioether (sulfide) groups is 1. The summed E-state index contributed by atoms with van der Waals surface area (Å²) in [6, 6.07) is 5.37. The zero-order valence-corrected chi connectivity index (χ0v) is 12.1. The number of benzene rings is 1.